The normalized spacial score (nSPS) is 10.3. The van der Waals surface area contributed by atoms with Crippen molar-refractivity contribution in [1.82, 2.24) is 10.6 Å². The second-order valence-electron chi connectivity index (χ2n) is 5.87. The summed E-state index contributed by atoms with van der Waals surface area (Å²) in [5, 5.41) is 7.58. The van der Waals surface area contributed by atoms with Gasteiger partial charge in [-0.25, -0.2) is 0 Å². The van der Waals surface area contributed by atoms with Crippen LogP contribution in [0.4, 0.5) is 0 Å². The Hall–Kier alpha value is -3.34. The van der Waals surface area contributed by atoms with Crippen LogP contribution in [0.25, 0.3) is 10.8 Å². The number of carbonyl (C=O) groups excluding carboxylic acids is 2. The van der Waals surface area contributed by atoms with E-state index in [9.17, 15) is 9.59 Å². The van der Waals surface area contributed by atoms with Crippen LogP contribution in [0.15, 0.2) is 66.7 Å². The predicted octanol–water partition coefficient (Wildman–Crippen LogP) is 2.89. The Morgan fingerprint density at radius 3 is 2.38 bits per heavy atom. The fraction of sp³-hybridized carbons (Fsp3) is 0.143. The van der Waals surface area contributed by atoms with Gasteiger partial charge in [0.2, 0.25) is 5.91 Å². The summed E-state index contributed by atoms with van der Waals surface area (Å²) in [6.45, 7) is 0.348. The van der Waals surface area contributed by atoms with Gasteiger partial charge in [0.05, 0.1) is 13.7 Å². The van der Waals surface area contributed by atoms with Gasteiger partial charge < -0.3 is 15.4 Å². The minimum absolute atomic E-state index is 0.0570. The van der Waals surface area contributed by atoms with E-state index in [4.69, 9.17) is 4.74 Å². The van der Waals surface area contributed by atoms with Crippen LogP contribution in [-0.4, -0.2) is 25.5 Å². The number of rotatable bonds is 6. The first-order valence-electron chi connectivity index (χ1n) is 8.32. The fourth-order valence-electron chi connectivity index (χ4n) is 2.63. The Bertz CT molecular complexity index is 923. The molecule has 3 aromatic rings. The van der Waals surface area contributed by atoms with E-state index < -0.39 is 0 Å². The summed E-state index contributed by atoms with van der Waals surface area (Å²) in [5.74, 6) is 0.317. The maximum Gasteiger partial charge on any atom is 0.251 e. The molecule has 0 atom stereocenters. The van der Waals surface area contributed by atoms with Gasteiger partial charge in [0.15, 0.2) is 0 Å². The van der Waals surface area contributed by atoms with Crippen LogP contribution in [0.5, 0.6) is 5.75 Å². The standard InChI is InChI=1S/C21H20N2O3/c1-26-19-10-9-17-11-15(7-8-18(17)12-19)13-22-20(24)14-23-21(25)16-5-3-2-4-6-16/h2-12H,13-14H2,1H3,(H,22,24)(H,23,25). The molecule has 26 heavy (non-hydrogen) atoms. The van der Waals surface area contributed by atoms with Crippen LogP contribution >= 0.6 is 0 Å². The summed E-state index contributed by atoms with van der Waals surface area (Å²) < 4.78 is 5.22. The lowest BCUT2D eigenvalue weighted by atomic mass is 10.1. The van der Waals surface area contributed by atoms with Gasteiger partial charge in [-0.3, -0.25) is 9.59 Å². The van der Waals surface area contributed by atoms with Gasteiger partial charge in [-0.05, 0) is 46.7 Å². The van der Waals surface area contributed by atoms with E-state index in [0.717, 1.165) is 22.1 Å². The molecule has 2 amide bonds. The first-order valence-corrected chi connectivity index (χ1v) is 8.32. The molecule has 5 heteroatoms. The van der Waals surface area contributed by atoms with Crippen LogP contribution in [-0.2, 0) is 11.3 Å². The predicted molar refractivity (Wildman–Crippen MR) is 101 cm³/mol. The van der Waals surface area contributed by atoms with Crippen LogP contribution in [0.1, 0.15) is 15.9 Å². The second-order valence-corrected chi connectivity index (χ2v) is 5.87. The molecule has 0 saturated heterocycles. The van der Waals surface area contributed by atoms with Crippen molar-refractivity contribution in [3.63, 3.8) is 0 Å². The molecular weight excluding hydrogens is 328 g/mol. The van der Waals surface area contributed by atoms with E-state index >= 15 is 0 Å². The number of hydrogen-bond donors (Lipinski definition) is 2. The van der Waals surface area contributed by atoms with Crippen LogP contribution in [0.2, 0.25) is 0 Å². The van der Waals surface area contributed by atoms with Gasteiger partial charge in [-0.15, -0.1) is 0 Å². The van der Waals surface area contributed by atoms with Gasteiger partial charge in [-0.2, -0.15) is 0 Å². The molecule has 0 radical (unpaired) electrons. The molecule has 3 aromatic carbocycles. The molecule has 0 spiro atoms. The van der Waals surface area contributed by atoms with Gasteiger partial charge in [0.1, 0.15) is 5.75 Å². The topological polar surface area (TPSA) is 67.4 Å². The summed E-state index contributed by atoms with van der Waals surface area (Å²) in [5.41, 5.74) is 1.52. The van der Waals surface area contributed by atoms with Crippen molar-refractivity contribution in [2.24, 2.45) is 0 Å². The second kappa shape index (κ2) is 8.16. The largest absolute Gasteiger partial charge is 0.497 e. The summed E-state index contributed by atoms with van der Waals surface area (Å²) in [4.78, 5) is 23.9. The molecule has 0 aliphatic carbocycles. The first-order chi connectivity index (χ1) is 12.7. The number of benzene rings is 3. The van der Waals surface area contributed by atoms with Crippen molar-refractivity contribution in [3.05, 3.63) is 77.9 Å². The van der Waals surface area contributed by atoms with Crippen molar-refractivity contribution in [1.29, 1.82) is 0 Å². The lowest BCUT2D eigenvalue weighted by Gasteiger charge is -2.08. The summed E-state index contributed by atoms with van der Waals surface area (Å²) >= 11 is 0. The van der Waals surface area contributed by atoms with E-state index in [0.29, 0.717) is 12.1 Å². The number of hydrogen-bond acceptors (Lipinski definition) is 3. The Labute approximate surface area is 152 Å². The maximum atomic E-state index is 12.0. The maximum absolute atomic E-state index is 12.0. The van der Waals surface area contributed by atoms with Gasteiger partial charge in [0, 0.05) is 12.1 Å². The molecule has 0 unspecified atom stereocenters. The third kappa shape index (κ3) is 4.39. The molecule has 0 saturated carbocycles. The molecule has 5 nitrogen and oxygen atoms in total. The molecular formula is C21H20N2O3. The number of ether oxygens (including phenoxy) is 1. The Morgan fingerprint density at radius 2 is 1.62 bits per heavy atom. The Balaban J connectivity index is 1.52. The molecule has 0 aliphatic heterocycles. The average molecular weight is 348 g/mol. The highest BCUT2D eigenvalue weighted by atomic mass is 16.5. The quantitative estimate of drug-likeness (QED) is 0.720. The first kappa shape index (κ1) is 17.5. The van der Waals surface area contributed by atoms with Gasteiger partial charge >= 0.3 is 0 Å². The van der Waals surface area contributed by atoms with Crippen molar-refractivity contribution < 1.29 is 14.3 Å². The van der Waals surface area contributed by atoms with Crippen LogP contribution < -0.4 is 15.4 Å². The SMILES string of the molecule is COc1ccc2cc(CNC(=O)CNC(=O)c3ccccc3)ccc2c1. The average Bonchev–Trinajstić information content (AvgIpc) is 2.70. The smallest absolute Gasteiger partial charge is 0.251 e. The summed E-state index contributed by atoms with van der Waals surface area (Å²) in [6, 6.07) is 20.7. The van der Waals surface area contributed by atoms with Crippen LogP contribution in [0, 0.1) is 0 Å². The van der Waals surface area contributed by atoms with E-state index in [-0.39, 0.29) is 18.4 Å². The summed E-state index contributed by atoms with van der Waals surface area (Å²) in [6.07, 6.45) is 0. The van der Waals surface area contributed by atoms with Gasteiger partial charge in [0.25, 0.3) is 5.91 Å². The lowest BCUT2D eigenvalue weighted by molar-refractivity contribution is -0.120. The van der Waals surface area contributed by atoms with E-state index in [1.54, 1.807) is 31.4 Å². The summed E-state index contributed by atoms with van der Waals surface area (Å²) in [7, 11) is 1.64. The molecule has 0 aliphatic rings. The van der Waals surface area contributed by atoms with Crippen molar-refractivity contribution >= 4 is 22.6 Å². The number of fused-ring (bicyclic) bond motifs is 1. The van der Waals surface area contributed by atoms with Gasteiger partial charge in [-0.1, -0.05) is 36.4 Å². The zero-order valence-electron chi connectivity index (χ0n) is 14.5. The number of methoxy groups -OCH3 is 1. The van der Waals surface area contributed by atoms with Crippen molar-refractivity contribution in [3.8, 4) is 5.75 Å². The molecule has 2 N–H and O–H groups in total. The third-order valence-electron chi connectivity index (χ3n) is 4.05. The highest BCUT2D eigenvalue weighted by molar-refractivity contribution is 5.96. The van der Waals surface area contributed by atoms with E-state index in [2.05, 4.69) is 10.6 Å². The zero-order chi connectivity index (χ0) is 18.4. The molecule has 0 heterocycles. The number of carbonyl (C=O) groups is 2. The molecule has 0 aromatic heterocycles. The Kier molecular flexibility index (Phi) is 5.49. The number of nitrogens with one attached hydrogen (secondary N) is 2. The van der Waals surface area contributed by atoms with Crippen LogP contribution in [0.3, 0.4) is 0 Å². The number of amides is 2. The highest BCUT2D eigenvalue weighted by Crippen LogP contribution is 2.21. The third-order valence-corrected chi connectivity index (χ3v) is 4.05. The monoisotopic (exact) mass is 348 g/mol. The lowest BCUT2D eigenvalue weighted by Crippen LogP contribution is -2.36. The molecule has 0 fully saturated rings. The molecule has 0 bridgehead atoms. The Morgan fingerprint density at radius 1 is 0.885 bits per heavy atom. The molecule has 132 valence electrons. The highest BCUT2D eigenvalue weighted by Gasteiger charge is 2.07. The van der Waals surface area contributed by atoms with Crippen molar-refractivity contribution in [2.45, 2.75) is 6.54 Å². The minimum atomic E-state index is -0.264. The minimum Gasteiger partial charge on any atom is -0.497 e. The van der Waals surface area contributed by atoms with Crippen molar-refractivity contribution in [2.75, 3.05) is 13.7 Å². The zero-order valence-corrected chi connectivity index (χ0v) is 14.5. The van der Waals surface area contributed by atoms with E-state index in [1.807, 2.05) is 42.5 Å². The fourth-order valence-corrected chi connectivity index (χ4v) is 2.63. The molecule has 3 rings (SSSR count). The van der Waals surface area contributed by atoms with E-state index in [1.165, 1.54) is 0 Å².